The van der Waals surface area contributed by atoms with Gasteiger partial charge in [0.2, 0.25) is 0 Å². The van der Waals surface area contributed by atoms with Crippen molar-refractivity contribution in [1.29, 1.82) is 0 Å². The maximum atomic E-state index is 12.7. The van der Waals surface area contributed by atoms with E-state index in [9.17, 15) is 13.2 Å². The molecule has 0 amide bonds. The quantitative estimate of drug-likeness (QED) is 0.684. The summed E-state index contributed by atoms with van der Waals surface area (Å²) in [6.45, 7) is 0.233. The zero-order valence-electron chi connectivity index (χ0n) is 10.4. The highest BCUT2D eigenvalue weighted by Gasteiger charge is 2.31. The monoisotopic (exact) mass is 353 g/mol. The van der Waals surface area contributed by atoms with Gasteiger partial charge in [-0.2, -0.15) is 13.2 Å². The maximum Gasteiger partial charge on any atom is 0.416 e. The summed E-state index contributed by atoms with van der Waals surface area (Å²) in [6.07, 6.45) is -4.45. The van der Waals surface area contributed by atoms with Crippen LogP contribution in [0.5, 0.6) is 0 Å². The summed E-state index contributed by atoms with van der Waals surface area (Å²) in [5.74, 6) is 0. The molecule has 0 aliphatic heterocycles. The highest BCUT2D eigenvalue weighted by atomic mass is 35.5. The number of alkyl halides is 3. The van der Waals surface area contributed by atoms with Crippen molar-refractivity contribution in [3.8, 4) is 0 Å². The van der Waals surface area contributed by atoms with E-state index in [0.29, 0.717) is 15.6 Å². The number of hydrogen-bond acceptors (Lipinski definition) is 1. The van der Waals surface area contributed by atoms with Crippen molar-refractivity contribution in [1.82, 2.24) is 0 Å². The third kappa shape index (κ3) is 4.43. The molecular formula is C14H9Cl3F3N. The van der Waals surface area contributed by atoms with Crippen LogP contribution in [0.3, 0.4) is 0 Å². The minimum Gasteiger partial charge on any atom is -0.381 e. The molecule has 0 aliphatic rings. The predicted octanol–water partition coefficient (Wildman–Crippen LogP) is 6.28. The first-order chi connectivity index (χ1) is 9.75. The molecule has 21 heavy (non-hydrogen) atoms. The molecule has 1 N–H and O–H groups in total. The molecule has 2 rings (SSSR count). The van der Waals surface area contributed by atoms with Crippen LogP contribution in [0.4, 0.5) is 18.9 Å². The standard InChI is InChI=1S/C14H9Cl3F3N/c15-10-1-2-13(17)8(3-10)7-21-12-5-9(14(18,19)20)4-11(16)6-12/h1-6,21H,7H2. The molecule has 2 aromatic carbocycles. The summed E-state index contributed by atoms with van der Waals surface area (Å²) in [4.78, 5) is 0. The summed E-state index contributed by atoms with van der Waals surface area (Å²) >= 11 is 17.6. The van der Waals surface area contributed by atoms with Crippen molar-refractivity contribution in [3.05, 3.63) is 62.6 Å². The lowest BCUT2D eigenvalue weighted by Crippen LogP contribution is -2.07. The maximum absolute atomic E-state index is 12.7. The topological polar surface area (TPSA) is 12.0 Å². The summed E-state index contributed by atoms with van der Waals surface area (Å²) in [5.41, 5.74) is 0.123. The first kappa shape index (κ1) is 16.3. The van der Waals surface area contributed by atoms with Crippen molar-refractivity contribution in [3.63, 3.8) is 0 Å². The fourth-order valence-corrected chi connectivity index (χ4v) is 2.35. The van der Waals surface area contributed by atoms with Gasteiger partial charge in [0.15, 0.2) is 0 Å². The van der Waals surface area contributed by atoms with E-state index >= 15 is 0 Å². The summed E-state index contributed by atoms with van der Waals surface area (Å²) in [6, 6.07) is 8.18. The third-order valence-corrected chi connectivity index (χ3v) is 3.54. The molecule has 0 aromatic heterocycles. The first-order valence-corrected chi connectivity index (χ1v) is 6.94. The second kappa shape index (κ2) is 6.34. The molecule has 0 saturated heterocycles. The molecule has 0 bridgehead atoms. The number of halogens is 6. The summed E-state index contributed by atoms with van der Waals surface area (Å²) < 4.78 is 38.1. The average molecular weight is 355 g/mol. The minimum absolute atomic E-state index is 0.00418. The highest BCUT2D eigenvalue weighted by molar-refractivity contribution is 6.33. The molecule has 1 nitrogen and oxygen atoms in total. The fourth-order valence-electron chi connectivity index (χ4n) is 1.73. The Morgan fingerprint density at radius 1 is 0.905 bits per heavy atom. The molecule has 0 heterocycles. The van der Waals surface area contributed by atoms with Crippen LogP contribution >= 0.6 is 34.8 Å². The van der Waals surface area contributed by atoms with Gasteiger partial charge in [-0.1, -0.05) is 34.8 Å². The van der Waals surface area contributed by atoms with Gasteiger partial charge in [-0.3, -0.25) is 0 Å². The van der Waals surface area contributed by atoms with E-state index in [-0.39, 0.29) is 17.3 Å². The van der Waals surface area contributed by atoms with Gasteiger partial charge in [0.25, 0.3) is 0 Å². The van der Waals surface area contributed by atoms with Crippen LogP contribution in [-0.4, -0.2) is 0 Å². The van der Waals surface area contributed by atoms with Crippen LogP contribution in [0.2, 0.25) is 15.1 Å². The smallest absolute Gasteiger partial charge is 0.381 e. The lowest BCUT2D eigenvalue weighted by Gasteiger charge is -2.12. The van der Waals surface area contributed by atoms with Crippen molar-refractivity contribution < 1.29 is 13.2 Å². The molecule has 0 spiro atoms. The Hall–Kier alpha value is -1.10. The Balaban J connectivity index is 2.20. The fraction of sp³-hybridized carbons (Fsp3) is 0.143. The van der Waals surface area contributed by atoms with Crippen LogP contribution < -0.4 is 5.32 Å². The lowest BCUT2D eigenvalue weighted by molar-refractivity contribution is -0.137. The van der Waals surface area contributed by atoms with Crippen LogP contribution in [0.25, 0.3) is 0 Å². The van der Waals surface area contributed by atoms with Gasteiger partial charge in [0.05, 0.1) is 5.56 Å². The number of hydrogen-bond donors (Lipinski definition) is 1. The third-order valence-electron chi connectivity index (χ3n) is 2.72. The Morgan fingerprint density at radius 2 is 1.62 bits per heavy atom. The van der Waals surface area contributed by atoms with Crippen LogP contribution in [0.15, 0.2) is 36.4 Å². The Morgan fingerprint density at radius 3 is 2.29 bits per heavy atom. The zero-order chi connectivity index (χ0) is 15.6. The van der Waals surface area contributed by atoms with Gasteiger partial charge in [0.1, 0.15) is 0 Å². The van der Waals surface area contributed by atoms with Gasteiger partial charge in [-0.25, -0.2) is 0 Å². The Bertz CT molecular complexity index is 656. The first-order valence-electron chi connectivity index (χ1n) is 5.81. The summed E-state index contributed by atoms with van der Waals surface area (Å²) in [5, 5.41) is 3.83. The Kier molecular flexibility index (Phi) is 4.91. The van der Waals surface area contributed by atoms with Crippen molar-refractivity contribution in [2.45, 2.75) is 12.7 Å². The number of nitrogens with one attached hydrogen (secondary N) is 1. The molecule has 0 unspecified atom stereocenters. The predicted molar refractivity (Wildman–Crippen MR) is 80.2 cm³/mol. The molecule has 112 valence electrons. The van der Waals surface area contributed by atoms with E-state index in [2.05, 4.69) is 5.32 Å². The largest absolute Gasteiger partial charge is 0.416 e. The van der Waals surface area contributed by atoms with E-state index in [1.54, 1.807) is 18.2 Å². The van der Waals surface area contributed by atoms with Crippen molar-refractivity contribution in [2.75, 3.05) is 5.32 Å². The molecule has 0 fully saturated rings. The summed E-state index contributed by atoms with van der Waals surface area (Å²) in [7, 11) is 0. The number of benzene rings is 2. The molecular weight excluding hydrogens is 346 g/mol. The highest BCUT2D eigenvalue weighted by Crippen LogP contribution is 2.33. The minimum atomic E-state index is -4.45. The molecule has 0 saturated carbocycles. The Labute approximate surface area is 134 Å². The van der Waals surface area contributed by atoms with Gasteiger partial charge >= 0.3 is 6.18 Å². The molecule has 2 aromatic rings. The van der Waals surface area contributed by atoms with Gasteiger partial charge in [0, 0.05) is 27.3 Å². The van der Waals surface area contributed by atoms with Gasteiger partial charge in [-0.05, 0) is 42.0 Å². The van der Waals surface area contributed by atoms with Crippen LogP contribution in [0.1, 0.15) is 11.1 Å². The molecule has 7 heteroatoms. The van der Waals surface area contributed by atoms with Crippen LogP contribution in [-0.2, 0) is 12.7 Å². The SMILES string of the molecule is FC(F)(F)c1cc(Cl)cc(NCc2cc(Cl)ccc2Cl)c1. The zero-order valence-corrected chi connectivity index (χ0v) is 12.7. The van der Waals surface area contributed by atoms with E-state index in [0.717, 1.165) is 12.1 Å². The van der Waals surface area contributed by atoms with Crippen molar-refractivity contribution in [2.24, 2.45) is 0 Å². The lowest BCUT2D eigenvalue weighted by atomic mass is 10.1. The van der Waals surface area contributed by atoms with Gasteiger partial charge in [-0.15, -0.1) is 0 Å². The second-order valence-corrected chi connectivity index (χ2v) is 5.60. The molecule has 0 radical (unpaired) electrons. The van der Waals surface area contributed by atoms with E-state index in [1.807, 2.05) is 0 Å². The molecule has 0 aliphatic carbocycles. The van der Waals surface area contributed by atoms with Gasteiger partial charge < -0.3 is 5.32 Å². The number of rotatable bonds is 3. The molecule has 0 atom stereocenters. The van der Waals surface area contributed by atoms with Crippen molar-refractivity contribution >= 4 is 40.5 Å². The van der Waals surface area contributed by atoms with E-state index in [4.69, 9.17) is 34.8 Å². The second-order valence-electron chi connectivity index (χ2n) is 4.32. The van der Waals surface area contributed by atoms with E-state index in [1.165, 1.54) is 6.07 Å². The van der Waals surface area contributed by atoms with Crippen LogP contribution in [0, 0.1) is 0 Å². The van der Waals surface area contributed by atoms with E-state index < -0.39 is 11.7 Å². The normalized spacial score (nSPS) is 11.5. The number of anilines is 1. The average Bonchev–Trinajstić information content (AvgIpc) is 2.38.